The first-order valence-corrected chi connectivity index (χ1v) is 11.2. The largest absolute Gasteiger partial charge is 0.490 e. The molecule has 0 saturated carbocycles. The molecule has 4 aromatic carbocycles. The molecule has 0 aromatic heterocycles. The zero-order chi connectivity index (χ0) is 24.5. The molecule has 0 aliphatic heterocycles. The summed E-state index contributed by atoms with van der Waals surface area (Å²) in [5.74, 6) is -0.0433. The number of carbonyl (C=O) groups is 2. The van der Waals surface area contributed by atoms with Crippen molar-refractivity contribution < 1.29 is 19.1 Å². The number of ether oxygens (including phenoxy) is 2. The van der Waals surface area contributed by atoms with E-state index in [0.717, 1.165) is 16.5 Å². The number of hydrazone groups is 1. The molecule has 0 atom stereocenters. The van der Waals surface area contributed by atoms with Crippen molar-refractivity contribution in [2.24, 2.45) is 5.10 Å². The topological polar surface area (TPSA) is 89.0 Å². The standard InChI is InChI=1S/C28H25N3O4/c1-2-34-26-17-20(18-30-31-27(32)19-29-22-11-4-3-5-12-22)15-16-25(26)35-28(33)24-14-8-10-21-9-6-7-13-23(21)24/h3-18,29H,2,19H2,1H3,(H,31,32). The van der Waals surface area contributed by atoms with Crippen molar-refractivity contribution >= 4 is 34.6 Å². The number of para-hydroxylation sites is 1. The Hall–Kier alpha value is -4.65. The minimum atomic E-state index is -0.470. The van der Waals surface area contributed by atoms with Gasteiger partial charge >= 0.3 is 5.97 Å². The highest BCUT2D eigenvalue weighted by Gasteiger charge is 2.15. The van der Waals surface area contributed by atoms with E-state index < -0.39 is 5.97 Å². The highest BCUT2D eigenvalue weighted by atomic mass is 16.6. The molecule has 7 heteroatoms. The van der Waals surface area contributed by atoms with Gasteiger partial charge in [-0.3, -0.25) is 4.79 Å². The Labute approximate surface area is 203 Å². The molecule has 4 rings (SSSR count). The average Bonchev–Trinajstić information content (AvgIpc) is 2.89. The van der Waals surface area contributed by atoms with Crippen LogP contribution >= 0.6 is 0 Å². The van der Waals surface area contributed by atoms with Crippen LogP contribution < -0.4 is 20.2 Å². The molecule has 0 spiro atoms. The first-order chi connectivity index (χ1) is 17.1. The van der Waals surface area contributed by atoms with Crippen molar-refractivity contribution in [3.63, 3.8) is 0 Å². The number of hydrogen-bond acceptors (Lipinski definition) is 6. The van der Waals surface area contributed by atoms with Gasteiger partial charge in [-0.2, -0.15) is 5.10 Å². The Morgan fingerprint density at radius 3 is 2.49 bits per heavy atom. The van der Waals surface area contributed by atoms with Crippen molar-refractivity contribution in [3.8, 4) is 11.5 Å². The molecule has 4 aromatic rings. The molecule has 0 aliphatic carbocycles. The molecule has 0 saturated heterocycles. The number of hydrogen-bond donors (Lipinski definition) is 2. The van der Waals surface area contributed by atoms with Crippen LogP contribution in [0.2, 0.25) is 0 Å². The predicted octanol–water partition coefficient (Wildman–Crippen LogP) is 5.02. The summed E-state index contributed by atoms with van der Waals surface area (Å²) in [6.07, 6.45) is 1.50. The van der Waals surface area contributed by atoms with E-state index in [1.807, 2.05) is 73.7 Å². The van der Waals surface area contributed by atoms with E-state index >= 15 is 0 Å². The third-order valence-electron chi connectivity index (χ3n) is 5.11. The van der Waals surface area contributed by atoms with Crippen LogP contribution in [0.4, 0.5) is 5.69 Å². The normalized spacial score (nSPS) is 10.8. The molecule has 0 fully saturated rings. The minimum Gasteiger partial charge on any atom is -0.490 e. The molecule has 0 aliphatic rings. The van der Waals surface area contributed by atoms with E-state index in [1.54, 1.807) is 24.3 Å². The zero-order valence-corrected chi connectivity index (χ0v) is 19.2. The van der Waals surface area contributed by atoms with Gasteiger partial charge in [-0.25, -0.2) is 10.2 Å². The fourth-order valence-corrected chi connectivity index (χ4v) is 3.47. The van der Waals surface area contributed by atoms with Gasteiger partial charge in [-0.15, -0.1) is 0 Å². The fraction of sp³-hybridized carbons (Fsp3) is 0.107. The molecule has 1 amide bonds. The van der Waals surface area contributed by atoms with Crippen molar-refractivity contribution in [1.29, 1.82) is 0 Å². The molecule has 0 bridgehead atoms. The van der Waals surface area contributed by atoms with Gasteiger partial charge in [0.15, 0.2) is 11.5 Å². The van der Waals surface area contributed by atoms with Crippen molar-refractivity contribution in [2.75, 3.05) is 18.5 Å². The molecule has 0 radical (unpaired) electrons. The summed E-state index contributed by atoms with van der Waals surface area (Å²) in [6, 6.07) is 27.7. The van der Waals surface area contributed by atoms with E-state index in [2.05, 4.69) is 15.8 Å². The van der Waals surface area contributed by atoms with Gasteiger partial charge in [0.1, 0.15) is 0 Å². The number of anilines is 1. The summed E-state index contributed by atoms with van der Waals surface area (Å²) in [5, 5.41) is 8.79. The number of amides is 1. The molecule has 176 valence electrons. The van der Waals surface area contributed by atoms with Gasteiger partial charge < -0.3 is 14.8 Å². The fourth-order valence-electron chi connectivity index (χ4n) is 3.47. The van der Waals surface area contributed by atoms with Crippen LogP contribution in [0, 0.1) is 0 Å². The van der Waals surface area contributed by atoms with Gasteiger partial charge in [0.25, 0.3) is 5.91 Å². The van der Waals surface area contributed by atoms with Crippen LogP contribution in [-0.4, -0.2) is 31.2 Å². The molecule has 0 heterocycles. The van der Waals surface area contributed by atoms with Crippen molar-refractivity contribution in [2.45, 2.75) is 6.92 Å². The summed E-state index contributed by atoms with van der Waals surface area (Å²) >= 11 is 0. The number of benzene rings is 4. The Balaban J connectivity index is 1.41. The van der Waals surface area contributed by atoms with Crippen LogP contribution in [0.3, 0.4) is 0 Å². The molecular formula is C28H25N3O4. The third kappa shape index (κ3) is 6.23. The molecular weight excluding hydrogens is 442 g/mol. The van der Waals surface area contributed by atoms with Crippen LogP contribution in [0.15, 0.2) is 96.1 Å². The second-order valence-corrected chi connectivity index (χ2v) is 7.57. The van der Waals surface area contributed by atoms with Gasteiger partial charge in [-0.1, -0.05) is 54.6 Å². The Bertz CT molecular complexity index is 1350. The van der Waals surface area contributed by atoms with Crippen molar-refractivity contribution in [1.82, 2.24) is 5.43 Å². The lowest BCUT2D eigenvalue weighted by Crippen LogP contribution is -2.25. The maximum atomic E-state index is 12.9. The lowest BCUT2D eigenvalue weighted by atomic mass is 10.0. The predicted molar refractivity (Wildman–Crippen MR) is 137 cm³/mol. The first kappa shape index (κ1) is 23.5. The summed E-state index contributed by atoms with van der Waals surface area (Å²) in [5.41, 5.74) is 4.48. The maximum Gasteiger partial charge on any atom is 0.344 e. The van der Waals surface area contributed by atoms with Crippen LogP contribution in [0.1, 0.15) is 22.8 Å². The number of fused-ring (bicyclic) bond motifs is 1. The molecule has 0 unspecified atom stereocenters. The van der Waals surface area contributed by atoms with E-state index in [9.17, 15) is 9.59 Å². The SMILES string of the molecule is CCOc1cc(C=NNC(=O)CNc2ccccc2)ccc1OC(=O)c1cccc2ccccc12. The smallest absolute Gasteiger partial charge is 0.344 e. The number of nitrogens with zero attached hydrogens (tertiary/aromatic N) is 1. The quantitative estimate of drug-likeness (QED) is 0.156. The third-order valence-corrected chi connectivity index (χ3v) is 5.11. The average molecular weight is 468 g/mol. The maximum absolute atomic E-state index is 12.9. The Morgan fingerprint density at radius 2 is 1.66 bits per heavy atom. The van der Waals surface area contributed by atoms with Gasteiger partial charge in [-0.05, 0) is 59.7 Å². The van der Waals surface area contributed by atoms with E-state index in [-0.39, 0.29) is 12.5 Å². The van der Waals surface area contributed by atoms with Crippen LogP contribution in [0.25, 0.3) is 10.8 Å². The van der Waals surface area contributed by atoms with E-state index in [4.69, 9.17) is 9.47 Å². The van der Waals surface area contributed by atoms with Gasteiger partial charge in [0, 0.05) is 5.69 Å². The van der Waals surface area contributed by atoms with E-state index in [0.29, 0.717) is 29.2 Å². The Kier molecular flexibility index (Phi) is 7.70. The zero-order valence-electron chi connectivity index (χ0n) is 19.2. The second-order valence-electron chi connectivity index (χ2n) is 7.57. The van der Waals surface area contributed by atoms with Crippen LogP contribution in [0.5, 0.6) is 11.5 Å². The minimum absolute atomic E-state index is 0.0919. The number of esters is 1. The first-order valence-electron chi connectivity index (χ1n) is 11.2. The van der Waals surface area contributed by atoms with Crippen LogP contribution in [-0.2, 0) is 4.79 Å². The molecule has 35 heavy (non-hydrogen) atoms. The lowest BCUT2D eigenvalue weighted by Gasteiger charge is -2.12. The van der Waals surface area contributed by atoms with Gasteiger partial charge in [0.2, 0.25) is 0 Å². The summed E-state index contributed by atoms with van der Waals surface area (Å²) in [4.78, 5) is 24.9. The Morgan fingerprint density at radius 1 is 0.886 bits per heavy atom. The second kappa shape index (κ2) is 11.5. The number of nitrogens with one attached hydrogen (secondary N) is 2. The number of rotatable bonds is 9. The summed E-state index contributed by atoms with van der Waals surface area (Å²) in [6.45, 7) is 2.33. The molecule has 2 N–H and O–H groups in total. The molecule has 7 nitrogen and oxygen atoms in total. The van der Waals surface area contributed by atoms with Crippen molar-refractivity contribution in [3.05, 3.63) is 102 Å². The summed E-state index contributed by atoms with van der Waals surface area (Å²) in [7, 11) is 0. The number of carbonyl (C=O) groups excluding carboxylic acids is 2. The monoisotopic (exact) mass is 467 g/mol. The highest BCUT2D eigenvalue weighted by Crippen LogP contribution is 2.30. The van der Waals surface area contributed by atoms with E-state index in [1.165, 1.54) is 6.21 Å². The van der Waals surface area contributed by atoms with Gasteiger partial charge in [0.05, 0.1) is 24.9 Å². The highest BCUT2D eigenvalue weighted by molar-refractivity contribution is 6.05. The summed E-state index contributed by atoms with van der Waals surface area (Å²) < 4.78 is 11.4. The lowest BCUT2D eigenvalue weighted by molar-refractivity contribution is -0.119.